The number of fused-ring (bicyclic) bond motifs is 1. The normalized spacial score (nSPS) is 11.6. The van der Waals surface area contributed by atoms with Crippen molar-refractivity contribution in [2.24, 2.45) is 0 Å². The van der Waals surface area contributed by atoms with Crippen LogP contribution in [0.25, 0.3) is 10.9 Å². The summed E-state index contributed by atoms with van der Waals surface area (Å²) in [5.74, 6) is -0.170. The lowest BCUT2D eigenvalue weighted by Crippen LogP contribution is -2.15. The van der Waals surface area contributed by atoms with Gasteiger partial charge in [-0.1, -0.05) is 39.0 Å². The molecule has 0 bridgehead atoms. The number of carbonyl (C=O) groups excluding carboxylic acids is 1. The number of rotatable bonds is 2. The number of hydrogen-bond acceptors (Lipinski definition) is 2. The minimum absolute atomic E-state index is 0.0508. The molecule has 134 valence electrons. The van der Waals surface area contributed by atoms with Crippen LogP contribution in [0.15, 0.2) is 47.3 Å². The molecule has 0 spiro atoms. The predicted octanol–water partition coefficient (Wildman–Crippen LogP) is 4.69. The fourth-order valence-corrected chi connectivity index (χ4v) is 2.97. The lowest BCUT2D eigenvalue weighted by atomic mass is 9.87. The summed E-state index contributed by atoms with van der Waals surface area (Å²) in [4.78, 5) is 27.4. The molecule has 4 nitrogen and oxygen atoms in total. The van der Waals surface area contributed by atoms with E-state index in [1.807, 2.05) is 50.2 Å². The number of benzene rings is 2. The van der Waals surface area contributed by atoms with E-state index < -0.39 is 0 Å². The van der Waals surface area contributed by atoms with E-state index in [1.54, 1.807) is 6.07 Å². The number of carbonyl (C=O) groups is 1. The summed E-state index contributed by atoms with van der Waals surface area (Å²) in [6.07, 6.45) is 0. The second-order valence-corrected chi connectivity index (χ2v) is 7.75. The van der Waals surface area contributed by atoms with E-state index in [4.69, 9.17) is 0 Å². The van der Waals surface area contributed by atoms with E-state index in [-0.39, 0.29) is 16.9 Å². The van der Waals surface area contributed by atoms with Crippen molar-refractivity contribution in [2.75, 3.05) is 5.32 Å². The fraction of sp³-hybridized carbons (Fsp3) is 0.273. The molecule has 2 aromatic carbocycles. The van der Waals surface area contributed by atoms with Crippen LogP contribution >= 0.6 is 0 Å². The zero-order valence-corrected chi connectivity index (χ0v) is 15.9. The van der Waals surface area contributed by atoms with E-state index in [9.17, 15) is 9.59 Å². The molecule has 0 unspecified atom stereocenters. The van der Waals surface area contributed by atoms with Crippen molar-refractivity contribution >= 4 is 22.5 Å². The molecule has 0 saturated heterocycles. The highest BCUT2D eigenvalue weighted by atomic mass is 16.1. The lowest BCUT2D eigenvalue weighted by Gasteiger charge is -2.19. The second kappa shape index (κ2) is 6.45. The third-order valence-corrected chi connectivity index (χ3v) is 4.85. The van der Waals surface area contributed by atoms with Gasteiger partial charge in [-0.3, -0.25) is 9.59 Å². The Balaban J connectivity index is 1.87. The third kappa shape index (κ3) is 3.40. The maximum absolute atomic E-state index is 12.5. The van der Waals surface area contributed by atoms with Crippen molar-refractivity contribution in [2.45, 2.75) is 40.0 Å². The van der Waals surface area contributed by atoms with Crippen molar-refractivity contribution in [1.82, 2.24) is 4.98 Å². The van der Waals surface area contributed by atoms with Crippen LogP contribution in [0.5, 0.6) is 0 Å². The van der Waals surface area contributed by atoms with Gasteiger partial charge in [-0.15, -0.1) is 0 Å². The van der Waals surface area contributed by atoms with Gasteiger partial charge in [0.2, 0.25) is 0 Å². The Morgan fingerprint density at radius 3 is 2.23 bits per heavy atom. The van der Waals surface area contributed by atoms with Crippen molar-refractivity contribution in [3.05, 3.63) is 75.1 Å². The number of aromatic amines is 1. The van der Waals surface area contributed by atoms with Gasteiger partial charge < -0.3 is 10.3 Å². The predicted molar refractivity (Wildman–Crippen MR) is 107 cm³/mol. The van der Waals surface area contributed by atoms with Crippen LogP contribution in [0.3, 0.4) is 0 Å². The Bertz CT molecular complexity index is 1040. The lowest BCUT2D eigenvalue weighted by molar-refractivity contribution is 0.102. The molecule has 3 rings (SSSR count). The Hall–Kier alpha value is -2.88. The zero-order valence-electron chi connectivity index (χ0n) is 15.9. The van der Waals surface area contributed by atoms with Crippen LogP contribution in [0.4, 0.5) is 5.69 Å². The average molecular weight is 348 g/mol. The van der Waals surface area contributed by atoms with Gasteiger partial charge in [-0.25, -0.2) is 0 Å². The molecule has 4 heteroatoms. The molecule has 1 aromatic heterocycles. The van der Waals surface area contributed by atoms with E-state index in [0.29, 0.717) is 16.8 Å². The summed E-state index contributed by atoms with van der Waals surface area (Å²) >= 11 is 0. The highest BCUT2D eigenvalue weighted by Gasteiger charge is 2.14. The summed E-state index contributed by atoms with van der Waals surface area (Å²) < 4.78 is 0. The summed E-state index contributed by atoms with van der Waals surface area (Å²) in [6, 6.07) is 13.2. The van der Waals surface area contributed by atoms with Crippen molar-refractivity contribution < 1.29 is 4.79 Å². The molecule has 0 atom stereocenters. The molecule has 3 aromatic rings. The first-order valence-electron chi connectivity index (χ1n) is 8.72. The number of anilines is 1. The molecule has 2 N–H and O–H groups in total. The molecular weight excluding hydrogens is 324 g/mol. The van der Waals surface area contributed by atoms with Gasteiger partial charge in [0, 0.05) is 22.2 Å². The maximum atomic E-state index is 12.5. The Morgan fingerprint density at radius 1 is 0.962 bits per heavy atom. The van der Waals surface area contributed by atoms with Gasteiger partial charge in [0.05, 0.1) is 5.52 Å². The maximum Gasteiger partial charge on any atom is 0.255 e. The minimum Gasteiger partial charge on any atom is -0.322 e. The molecule has 0 aliphatic rings. The van der Waals surface area contributed by atoms with Crippen molar-refractivity contribution in [1.29, 1.82) is 0 Å². The number of amides is 1. The first-order chi connectivity index (χ1) is 12.2. The first-order valence-corrected chi connectivity index (χ1v) is 8.72. The van der Waals surface area contributed by atoms with Gasteiger partial charge in [-0.2, -0.15) is 0 Å². The zero-order chi connectivity index (χ0) is 19.1. The van der Waals surface area contributed by atoms with E-state index >= 15 is 0 Å². The molecule has 0 radical (unpaired) electrons. The van der Waals surface area contributed by atoms with Gasteiger partial charge >= 0.3 is 0 Å². The third-order valence-electron chi connectivity index (χ3n) is 4.85. The topological polar surface area (TPSA) is 62.0 Å². The van der Waals surface area contributed by atoms with Gasteiger partial charge in [0.15, 0.2) is 0 Å². The number of H-pyrrole nitrogens is 1. The molecule has 1 amide bonds. The standard InChI is InChI=1S/C22H24N2O2/c1-13-14(2)20(25)24-19-12-17(10-11-18(13)19)23-21(26)15-6-8-16(9-7-15)22(3,4)5/h6-12H,1-5H3,(H,23,26)(H,24,25). The molecule has 0 aliphatic carbocycles. The molecule has 0 aliphatic heterocycles. The van der Waals surface area contributed by atoms with Crippen LogP contribution in [-0.4, -0.2) is 10.9 Å². The Morgan fingerprint density at radius 2 is 1.62 bits per heavy atom. The largest absolute Gasteiger partial charge is 0.322 e. The van der Waals surface area contributed by atoms with Crippen LogP contribution < -0.4 is 10.9 Å². The number of nitrogens with one attached hydrogen (secondary N) is 2. The first kappa shape index (κ1) is 17.9. The summed E-state index contributed by atoms with van der Waals surface area (Å²) in [5.41, 5.74) is 4.79. The molecular formula is C22H24N2O2. The van der Waals surface area contributed by atoms with Crippen LogP contribution in [0, 0.1) is 13.8 Å². The Labute approximate surface area is 153 Å². The number of aryl methyl sites for hydroxylation is 1. The van der Waals surface area contributed by atoms with Crippen molar-refractivity contribution in [3.8, 4) is 0 Å². The van der Waals surface area contributed by atoms with Crippen LogP contribution in [-0.2, 0) is 5.41 Å². The SMILES string of the molecule is Cc1c(C)c2ccc(NC(=O)c3ccc(C(C)(C)C)cc3)cc2[nH]c1=O. The Kier molecular flexibility index (Phi) is 4.45. The quantitative estimate of drug-likeness (QED) is 0.705. The fourth-order valence-electron chi connectivity index (χ4n) is 2.97. The molecule has 26 heavy (non-hydrogen) atoms. The van der Waals surface area contributed by atoms with Gasteiger partial charge in [0.25, 0.3) is 11.5 Å². The smallest absolute Gasteiger partial charge is 0.255 e. The highest BCUT2D eigenvalue weighted by Crippen LogP contribution is 2.23. The van der Waals surface area contributed by atoms with E-state index in [0.717, 1.165) is 16.5 Å². The van der Waals surface area contributed by atoms with Crippen LogP contribution in [0.1, 0.15) is 47.8 Å². The minimum atomic E-state index is -0.170. The van der Waals surface area contributed by atoms with Gasteiger partial charge in [0.1, 0.15) is 0 Å². The summed E-state index contributed by atoms with van der Waals surface area (Å²) in [7, 11) is 0. The molecule has 0 saturated carbocycles. The summed E-state index contributed by atoms with van der Waals surface area (Å²) in [5, 5.41) is 3.88. The number of pyridine rings is 1. The highest BCUT2D eigenvalue weighted by molar-refractivity contribution is 6.05. The second-order valence-electron chi connectivity index (χ2n) is 7.75. The molecule has 0 fully saturated rings. The van der Waals surface area contributed by atoms with Crippen molar-refractivity contribution in [3.63, 3.8) is 0 Å². The van der Waals surface area contributed by atoms with Crippen LogP contribution in [0.2, 0.25) is 0 Å². The van der Waals surface area contributed by atoms with E-state index in [2.05, 4.69) is 31.1 Å². The average Bonchev–Trinajstić information content (AvgIpc) is 2.59. The number of aromatic nitrogens is 1. The van der Waals surface area contributed by atoms with E-state index in [1.165, 1.54) is 5.56 Å². The summed E-state index contributed by atoms with van der Waals surface area (Å²) in [6.45, 7) is 10.2. The number of hydrogen-bond donors (Lipinski definition) is 2. The molecule has 1 heterocycles. The van der Waals surface area contributed by atoms with Gasteiger partial charge in [-0.05, 0) is 54.7 Å². The monoisotopic (exact) mass is 348 g/mol.